The van der Waals surface area contributed by atoms with Crippen LogP contribution in [-0.4, -0.2) is 73.4 Å². The Bertz CT molecular complexity index is 964. The lowest BCUT2D eigenvalue weighted by Gasteiger charge is -2.25. The summed E-state index contributed by atoms with van der Waals surface area (Å²) in [6, 6.07) is -0.863. The molecule has 3 N–H and O–H groups in total. The topological polar surface area (TPSA) is 105 Å². The van der Waals surface area contributed by atoms with Gasteiger partial charge in [0.1, 0.15) is 13.2 Å². The molecule has 3 atom stereocenters. The molecule has 3 unspecified atom stereocenters. The largest absolute Gasteiger partial charge is 0.472 e. The number of allylic oxidation sites excluding steroid dienone is 5. The molecule has 1 amide bonds. The first kappa shape index (κ1) is 51.7. The minimum atomic E-state index is -4.34. The summed E-state index contributed by atoms with van der Waals surface area (Å²) in [7, 11) is 1.54. The van der Waals surface area contributed by atoms with Crippen molar-refractivity contribution in [1.29, 1.82) is 0 Å². The number of amides is 1. The third kappa shape index (κ3) is 38.8. The van der Waals surface area contributed by atoms with Gasteiger partial charge in [0.2, 0.25) is 5.91 Å². The van der Waals surface area contributed by atoms with Crippen LogP contribution in [0.3, 0.4) is 0 Å². The molecule has 9 heteroatoms. The van der Waals surface area contributed by atoms with Gasteiger partial charge in [-0.3, -0.25) is 13.8 Å². The zero-order chi connectivity index (χ0) is 39.3. The third-order valence-corrected chi connectivity index (χ3v) is 10.6. The zero-order valence-electron chi connectivity index (χ0n) is 35.3. The Morgan fingerprint density at radius 3 is 1.51 bits per heavy atom. The number of likely N-dealkylation sites (N-methyl/N-ethyl adjacent to an activating group) is 1. The Morgan fingerprint density at radius 1 is 0.623 bits per heavy atom. The molecule has 0 aromatic rings. The molecular formula is C44H86N2O6P+. The number of nitrogens with zero attached hydrogens (tertiary/aromatic N) is 1. The number of phosphoric ester groups is 1. The summed E-state index contributed by atoms with van der Waals surface area (Å²) in [6.45, 7) is 4.73. The fourth-order valence-electron chi connectivity index (χ4n) is 6.07. The number of hydrogen-bond donors (Lipinski definition) is 3. The maximum atomic E-state index is 12.7. The number of aliphatic hydroxyl groups is 1. The standard InChI is InChI=1S/C44H85N2O6P/c1-6-8-10-12-14-15-16-17-18-19-20-21-22-23-24-25-26-27-28-29-30-32-33-35-37-43(47)42(41-52-53(49,50)51-40-39-46(3,4)5)45-44(48)38-36-34-31-13-11-9-7-2/h25-26,29-30,35,37,42-43,47H,6-24,27-28,31-34,36,38-41H2,1-5H3,(H-,45,48,49,50)/p+1/b26-25+,30-29+,37-35+. The Hall–Kier alpha value is -1.28. The van der Waals surface area contributed by atoms with E-state index >= 15 is 0 Å². The highest BCUT2D eigenvalue weighted by molar-refractivity contribution is 7.47. The van der Waals surface area contributed by atoms with Crippen LogP contribution in [0.1, 0.15) is 187 Å². The molecule has 312 valence electrons. The summed E-state index contributed by atoms with van der Waals surface area (Å²) in [5, 5.41) is 13.7. The Kier molecular flexibility index (Phi) is 35.5. The molecule has 0 aromatic heterocycles. The van der Waals surface area contributed by atoms with E-state index in [0.717, 1.165) is 44.9 Å². The number of rotatable bonds is 39. The second kappa shape index (κ2) is 36.4. The maximum Gasteiger partial charge on any atom is 0.472 e. The molecule has 0 saturated heterocycles. The van der Waals surface area contributed by atoms with Crippen molar-refractivity contribution in [2.75, 3.05) is 40.9 Å². The smallest absolute Gasteiger partial charge is 0.387 e. The van der Waals surface area contributed by atoms with E-state index in [4.69, 9.17) is 9.05 Å². The molecule has 0 aliphatic heterocycles. The molecule has 0 rings (SSSR count). The van der Waals surface area contributed by atoms with Crippen molar-refractivity contribution in [3.05, 3.63) is 36.5 Å². The summed E-state index contributed by atoms with van der Waals surface area (Å²) in [6.07, 6.45) is 43.9. The van der Waals surface area contributed by atoms with Crippen LogP contribution in [0.15, 0.2) is 36.5 Å². The van der Waals surface area contributed by atoms with Gasteiger partial charge in [0.15, 0.2) is 0 Å². The van der Waals surface area contributed by atoms with Crippen molar-refractivity contribution in [3.8, 4) is 0 Å². The third-order valence-electron chi connectivity index (χ3n) is 9.59. The first-order valence-corrected chi connectivity index (χ1v) is 23.4. The molecule has 53 heavy (non-hydrogen) atoms. The van der Waals surface area contributed by atoms with E-state index in [-0.39, 0.29) is 19.1 Å². The van der Waals surface area contributed by atoms with Gasteiger partial charge in [-0.05, 0) is 44.9 Å². The van der Waals surface area contributed by atoms with Crippen LogP contribution in [0, 0.1) is 0 Å². The van der Waals surface area contributed by atoms with E-state index < -0.39 is 20.0 Å². The van der Waals surface area contributed by atoms with Crippen LogP contribution in [0.2, 0.25) is 0 Å². The highest BCUT2D eigenvalue weighted by atomic mass is 31.2. The van der Waals surface area contributed by atoms with E-state index in [2.05, 4.69) is 43.5 Å². The summed E-state index contributed by atoms with van der Waals surface area (Å²) in [4.78, 5) is 22.9. The first-order valence-electron chi connectivity index (χ1n) is 21.9. The fourth-order valence-corrected chi connectivity index (χ4v) is 6.81. The average Bonchev–Trinajstić information content (AvgIpc) is 3.10. The zero-order valence-corrected chi connectivity index (χ0v) is 36.1. The normalized spacial score (nSPS) is 14.8. The van der Waals surface area contributed by atoms with Crippen molar-refractivity contribution >= 4 is 13.7 Å². The van der Waals surface area contributed by atoms with Crippen molar-refractivity contribution in [2.24, 2.45) is 0 Å². The number of nitrogens with one attached hydrogen (secondary N) is 1. The SMILES string of the molecule is CCCCCCCCCCCCCCCC/C=C/CC/C=C/CC/C=C/C(O)C(COP(=O)(O)OCC[N+](C)(C)C)NC(=O)CCCCCCCCC. The van der Waals surface area contributed by atoms with Crippen molar-refractivity contribution in [1.82, 2.24) is 5.32 Å². The number of aliphatic hydroxyl groups excluding tert-OH is 1. The molecule has 0 radical (unpaired) electrons. The van der Waals surface area contributed by atoms with Crippen molar-refractivity contribution < 1.29 is 32.9 Å². The molecule has 0 bridgehead atoms. The van der Waals surface area contributed by atoms with E-state index in [1.165, 1.54) is 122 Å². The summed E-state index contributed by atoms with van der Waals surface area (Å²) >= 11 is 0. The Labute approximate surface area is 327 Å². The van der Waals surface area contributed by atoms with E-state index in [1.807, 2.05) is 27.2 Å². The lowest BCUT2D eigenvalue weighted by molar-refractivity contribution is -0.870. The summed E-state index contributed by atoms with van der Waals surface area (Å²) in [5.41, 5.74) is 0. The second-order valence-electron chi connectivity index (χ2n) is 16.1. The lowest BCUT2D eigenvalue weighted by atomic mass is 10.0. The Balaban J connectivity index is 4.31. The number of carbonyl (C=O) groups is 1. The predicted molar refractivity (Wildman–Crippen MR) is 226 cm³/mol. The molecular weight excluding hydrogens is 683 g/mol. The van der Waals surface area contributed by atoms with Crippen molar-refractivity contribution in [2.45, 2.75) is 199 Å². The van der Waals surface area contributed by atoms with Crippen LogP contribution in [0.4, 0.5) is 0 Å². The number of hydrogen-bond acceptors (Lipinski definition) is 5. The molecule has 8 nitrogen and oxygen atoms in total. The van der Waals surface area contributed by atoms with Gasteiger partial charge in [-0.15, -0.1) is 0 Å². The van der Waals surface area contributed by atoms with Gasteiger partial charge < -0.3 is 19.8 Å². The predicted octanol–water partition coefficient (Wildman–Crippen LogP) is 11.9. The second-order valence-corrected chi connectivity index (χ2v) is 17.5. The number of carbonyl (C=O) groups excluding carboxylic acids is 1. The average molecular weight is 770 g/mol. The van der Waals surface area contributed by atoms with Gasteiger partial charge in [0.05, 0.1) is 39.9 Å². The highest BCUT2D eigenvalue weighted by Crippen LogP contribution is 2.43. The lowest BCUT2D eigenvalue weighted by Crippen LogP contribution is -2.45. The van der Waals surface area contributed by atoms with Crippen LogP contribution >= 0.6 is 7.82 Å². The molecule has 0 heterocycles. The molecule has 0 aliphatic rings. The van der Waals surface area contributed by atoms with Crippen LogP contribution in [-0.2, 0) is 18.4 Å². The summed E-state index contributed by atoms with van der Waals surface area (Å²) in [5.74, 6) is -0.199. The van der Waals surface area contributed by atoms with Gasteiger partial charge in [-0.1, -0.05) is 172 Å². The number of phosphoric acid groups is 1. The monoisotopic (exact) mass is 770 g/mol. The quantitative estimate of drug-likeness (QED) is 0.0249. The van der Waals surface area contributed by atoms with E-state index in [9.17, 15) is 19.4 Å². The highest BCUT2D eigenvalue weighted by Gasteiger charge is 2.27. The first-order chi connectivity index (χ1) is 25.5. The number of unbranched alkanes of at least 4 members (excludes halogenated alkanes) is 22. The minimum Gasteiger partial charge on any atom is -0.387 e. The summed E-state index contributed by atoms with van der Waals surface area (Å²) < 4.78 is 23.4. The van der Waals surface area contributed by atoms with Crippen LogP contribution in [0.5, 0.6) is 0 Å². The number of quaternary nitrogens is 1. The molecule has 0 aromatic carbocycles. The van der Waals surface area contributed by atoms with Gasteiger partial charge in [-0.25, -0.2) is 4.57 Å². The molecule has 0 fully saturated rings. The minimum absolute atomic E-state index is 0.0539. The van der Waals surface area contributed by atoms with Gasteiger partial charge in [0, 0.05) is 6.42 Å². The van der Waals surface area contributed by atoms with Gasteiger partial charge in [0.25, 0.3) is 0 Å². The van der Waals surface area contributed by atoms with Crippen molar-refractivity contribution in [3.63, 3.8) is 0 Å². The van der Waals surface area contributed by atoms with Crippen LogP contribution < -0.4 is 5.32 Å². The van der Waals surface area contributed by atoms with E-state index in [1.54, 1.807) is 6.08 Å². The molecule has 0 saturated carbocycles. The maximum absolute atomic E-state index is 12.7. The van der Waals surface area contributed by atoms with Crippen LogP contribution in [0.25, 0.3) is 0 Å². The van der Waals surface area contributed by atoms with Gasteiger partial charge >= 0.3 is 7.82 Å². The van der Waals surface area contributed by atoms with Gasteiger partial charge in [-0.2, -0.15) is 0 Å². The fraction of sp³-hybridized carbons (Fsp3) is 0.841. The molecule has 0 spiro atoms. The molecule has 0 aliphatic carbocycles. The Morgan fingerprint density at radius 2 is 1.04 bits per heavy atom. The van der Waals surface area contributed by atoms with E-state index in [0.29, 0.717) is 17.4 Å².